The number of carbonyl (C=O) groups is 1. The summed E-state index contributed by atoms with van der Waals surface area (Å²) in [6.45, 7) is 1.93. The largest absolute Gasteiger partial charge is 0.573 e. The van der Waals surface area contributed by atoms with Crippen molar-refractivity contribution in [2.45, 2.75) is 32.2 Å². The smallest absolute Gasteiger partial charge is 0.488 e. The van der Waals surface area contributed by atoms with Gasteiger partial charge in [-0.25, -0.2) is 0 Å². The van der Waals surface area contributed by atoms with Gasteiger partial charge in [0, 0.05) is 6.07 Å². The van der Waals surface area contributed by atoms with Gasteiger partial charge in [-0.05, 0) is 71.5 Å². The molecule has 37 heavy (non-hydrogen) atoms. The molecule has 0 spiro atoms. The quantitative estimate of drug-likeness (QED) is 0.178. The lowest BCUT2D eigenvalue weighted by atomic mass is 10.1. The maximum Gasteiger partial charge on any atom is 0.573 e. The van der Waals surface area contributed by atoms with E-state index in [-0.39, 0.29) is 31.3 Å². The Bertz CT molecular complexity index is 1170. The molecule has 13 heteroatoms. The van der Waals surface area contributed by atoms with Crippen LogP contribution in [0.4, 0.5) is 26.3 Å². The van der Waals surface area contributed by atoms with Gasteiger partial charge in [-0.3, -0.25) is 4.79 Å². The highest BCUT2D eigenvalue weighted by molar-refractivity contribution is 14.1. The lowest BCUT2D eigenvalue weighted by Gasteiger charge is -2.14. The first-order valence-corrected chi connectivity index (χ1v) is 11.4. The summed E-state index contributed by atoms with van der Waals surface area (Å²) < 4.78 is 94.2. The van der Waals surface area contributed by atoms with Gasteiger partial charge in [0.25, 0.3) is 0 Å². The zero-order chi connectivity index (χ0) is 27.6. The summed E-state index contributed by atoms with van der Waals surface area (Å²) in [7, 11) is 0. The Kier molecular flexibility index (Phi) is 10.9. The highest BCUT2D eigenvalue weighted by Gasteiger charge is 2.34. The van der Waals surface area contributed by atoms with E-state index in [1.807, 2.05) is 6.07 Å². The van der Waals surface area contributed by atoms with Crippen molar-refractivity contribution in [2.75, 3.05) is 13.2 Å². The van der Waals surface area contributed by atoms with Crippen LogP contribution < -0.4 is 14.2 Å². The molecule has 0 fully saturated rings. The molecule has 2 aromatic rings. The lowest BCUT2D eigenvalue weighted by Crippen LogP contribution is -2.19. The highest BCUT2D eigenvalue weighted by atomic mass is 127. The SMILES string of the molecule is C[C@H](OCCC(=O)O)c1ccc(OC/C=C/C#Cc2ccc(OC(F)(F)F)cc2OC(F)(F)F)c(I)c1. The third-order valence-electron chi connectivity index (χ3n) is 4.26. The van der Waals surface area contributed by atoms with Gasteiger partial charge >= 0.3 is 18.7 Å². The van der Waals surface area contributed by atoms with E-state index in [0.29, 0.717) is 11.8 Å². The van der Waals surface area contributed by atoms with Crippen molar-refractivity contribution >= 4 is 28.6 Å². The Morgan fingerprint density at radius 1 is 1.05 bits per heavy atom. The molecule has 1 N–H and O–H groups in total. The molecule has 0 unspecified atom stereocenters. The zero-order valence-electron chi connectivity index (χ0n) is 19.0. The minimum Gasteiger partial charge on any atom is -0.488 e. The molecule has 6 nitrogen and oxygen atoms in total. The molecule has 0 aromatic heterocycles. The fraction of sp³-hybridized carbons (Fsp3) is 0.292. The second kappa shape index (κ2) is 13.4. The van der Waals surface area contributed by atoms with E-state index < -0.39 is 30.2 Å². The molecule has 0 saturated heterocycles. The molecule has 200 valence electrons. The number of aliphatic carboxylic acids is 1. The Balaban J connectivity index is 2.00. The van der Waals surface area contributed by atoms with Gasteiger partial charge in [0.05, 0.1) is 28.3 Å². The van der Waals surface area contributed by atoms with Crippen LogP contribution in [0.5, 0.6) is 17.2 Å². The normalized spacial score (nSPS) is 12.5. The van der Waals surface area contributed by atoms with Gasteiger partial charge in [-0.15, -0.1) is 26.3 Å². The molecule has 0 radical (unpaired) electrons. The maximum absolute atomic E-state index is 12.6. The summed E-state index contributed by atoms with van der Waals surface area (Å²) in [4.78, 5) is 10.6. The highest BCUT2D eigenvalue weighted by Crippen LogP contribution is 2.32. The molecule has 0 bridgehead atoms. The molecule has 0 amide bonds. The van der Waals surface area contributed by atoms with Crippen LogP contribution in [0, 0.1) is 15.4 Å². The van der Waals surface area contributed by atoms with Gasteiger partial charge < -0.3 is 24.1 Å². The first-order valence-electron chi connectivity index (χ1n) is 10.3. The van der Waals surface area contributed by atoms with E-state index in [0.717, 1.165) is 21.3 Å². The third kappa shape index (κ3) is 11.6. The van der Waals surface area contributed by atoms with Crippen molar-refractivity contribution in [3.8, 4) is 29.1 Å². The van der Waals surface area contributed by atoms with E-state index in [1.54, 1.807) is 19.1 Å². The number of halogens is 7. The van der Waals surface area contributed by atoms with Crippen LogP contribution in [0.15, 0.2) is 48.6 Å². The number of hydrogen-bond acceptors (Lipinski definition) is 5. The summed E-state index contributed by atoms with van der Waals surface area (Å²) >= 11 is 2.06. The van der Waals surface area contributed by atoms with E-state index in [9.17, 15) is 31.1 Å². The molecule has 0 aliphatic rings. The van der Waals surface area contributed by atoms with Crippen molar-refractivity contribution in [3.63, 3.8) is 0 Å². The number of benzene rings is 2. The first kappa shape index (κ1) is 30.1. The molecule has 2 rings (SSSR count). The van der Waals surface area contributed by atoms with Gasteiger partial charge in [-0.1, -0.05) is 17.9 Å². The standard InChI is InChI=1S/C24H19F6IO6/c1-15(34-12-10-22(32)33)17-7-9-20(19(31)13-17)35-11-4-2-3-5-16-6-8-18(36-23(25,26)27)14-21(16)37-24(28,29)30/h2,4,6-9,13-15H,10-12H2,1H3,(H,32,33)/b4-2+/t15-/m0/s1. The minimum atomic E-state index is -5.15. The lowest BCUT2D eigenvalue weighted by molar-refractivity contribution is -0.276. The first-order chi connectivity index (χ1) is 17.2. The Labute approximate surface area is 221 Å². The van der Waals surface area contributed by atoms with Gasteiger partial charge in [0.2, 0.25) is 0 Å². The Morgan fingerprint density at radius 3 is 2.38 bits per heavy atom. The van der Waals surface area contributed by atoms with Crippen LogP contribution in [-0.4, -0.2) is 37.0 Å². The monoisotopic (exact) mass is 644 g/mol. The van der Waals surface area contributed by atoms with E-state index in [4.69, 9.17) is 14.6 Å². The fourth-order valence-corrected chi connectivity index (χ4v) is 3.38. The number of allylic oxidation sites excluding steroid dienone is 1. The summed E-state index contributed by atoms with van der Waals surface area (Å²) in [5.74, 6) is 2.60. The predicted molar refractivity (Wildman–Crippen MR) is 127 cm³/mol. The van der Waals surface area contributed by atoms with Crippen molar-refractivity contribution in [1.29, 1.82) is 0 Å². The molecular weight excluding hydrogens is 625 g/mol. The number of ether oxygens (including phenoxy) is 4. The van der Waals surface area contributed by atoms with Crippen LogP contribution in [-0.2, 0) is 9.53 Å². The topological polar surface area (TPSA) is 74.2 Å². The van der Waals surface area contributed by atoms with Crippen LogP contribution in [0.2, 0.25) is 0 Å². The summed E-state index contributed by atoms with van der Waals surface area (Å²) in [6.07, 6.45) is -7.87. The number of hydrogen-bond donors (Lipinski definition) is 1. The van der Waals surface area contributed by atoms with Crippen molar-refractivity contribution in [3.05, 3.63) is 63.2 Å². The zero-order valence-corrected chi connectivity index (χ0v) is 21.1. The fourth-order valence-electron chi connectivity index (χ4n) is 2.68. The second-order valence-corrected chi connectivity index (χ2v) is 8.25. The van der Waals surface area contributed by atoms with Crippen molar-refractivity contribution in [2.24, 2.45) is 0 Å². The molecule has 0 aliphatic heterocycles. The Hall–Kier alpha value is -3.12. The average molecular weight is 644 g/mol. The van der Waals surface area contributed by atoms with Gasteiger partial charge in [0.15, 0.2) is 0 Å². The molecule has 0 heterocycles. The molecule has 2 aromatic carbocycles. The Morgan fingerprint density at radius 2 is 1.76 bits per heavy atom. The number of carboxylic acid groups (broad SMARTS) is 1. The van der Waals surface area contributed by atoms with Crippen LogP contribution in [0.3, 0.4) is 0 Å². The minimum absolute atomic E-state index is 0.0684. The van der Waals surface area contributed by atoms with Gasteiger partial charge in [-0.2, -0.15) is 0 Å². The number of carboxylic acids is 1. The maximum atomic E-state index is 12.6. The second-order valence-electron chi connectivity index (χ2n) is 7.08. The molecular formula is C24H19F6IO6. The molecule has 1 atom stereocenters. The summed E-state index contributed by atoms with van der Waals surface area (Å²) in [5, 5.41) is 8.67. The van der Waals surface area contributed by atoms with E-state index >= 15 is 0 Å². The summed E-state index contributed by atoms with van der Waals surface area (Å²) in [5.41, 5.74) is 0.523. The van der Waals surface area contributed by atoms with Crippen molar-refractivity contribution < 1.29 is 55.2 Å². The van der Waals surface area contributed by atoms with Gasteiger partial charge in [0.1, 0.15) is 23.9 Å². The predicted octanol–water partition coefficient (Wildman–Crippen LogP) is 6.63. The van der Waals surface area contributed by atoms with Crippen LogP contribution in [0.25, 0.3) is 0 Å². The van der Waals surface area contributed by atoms with Crippen molar-refractivity contribution in [1.82, 2.24) is 0 Å². The number of alkyl halides is 6. The average Bonchev–Trinajstić information content (AvgIpc) is 2.75. The molecule has 0 aliphatic carbocycles. The molecule has 0 saturated carbocycles. The third-order valence-corrected chi connectivity index (χ3v) is 5.11. The van der Waals surface area contributed by atoms with Crippen LogP contribution >= 0.6 is 22.6 Å². The number of rotatable bonds is 10. The van der Waals surface area contributed by atoms with E-state index in [1.165, 1.54) is 12.2 Å². The van der Waals surface area contributed by atoms with E-state index in [2.05, 4.69) is 43.9 Å². The van der Waals surface area contributed by atoms with Crippen LogP contribution in [0.1, 0.15) is 30.6 Å². The summed E-state index contributed by atoms with van der Waals surface area (Å²) in [6, 6.07) is 7.47.